The number of rotatable bonds is 1. The van der Waals surface area contributed by atoms with Crippen LogP contribution in [0.1, 0.15) is 11.1 Å². The van der Waals surface area contributed by atoms with Gasteiger partial charge in [-0.25, -0.2) is 9.59 Å². The van der Waals surface area contributed by atoms with Crippen molar-refractivity contribution >= 4 is 21.9 Å². The predicted molar refractivity (Wildman–Crippen MR) is 93.4 cm³/mol. The number of fused-ring (bicyclic) bond motifs is 2. The van der Waals surface area contributed by atoms with E-state index in [0.29, 0.717) is 22.3 Å². The standard InChI is InChI=1S/C20H14O4/c1-11-3-5-13-15(9-19(21)23-17(13)7-11)16-10-20(22)24-18-8-12(2)4-6-14(16)18/h3-10H,1-2H3. The van der Waals surface area contributed by atoms with Gasteiger partial charge in [0.05, 0.1) is 0 Å². The Labute approximate surface area is 137 Å². The van der Waals surface area contributed by atoms with Crippen LogP contribution >= 0.6 is 0 Å². The van der Waals surface area contributed by atoms with Crippen molar-refractivity contribution in [3.8, 4) is 11.1 Å². The molecule has 4 aromatic rings. The smallest absolute Gasteiger partial charge is 0.336 e. The van der Waals surface area contributed by atoms with Gasteiger partial charge in [0.15, 0.2) is 0 Å². The molecule has 0 amide bonds. The molecule has 118 valence electrons. The van der Waals surface area contributed by atoms with E-state index in [4.69, 9.17) is 8.83 Å². The quantitative estimate of drug-likeness (QED) is 0.494. The highest BCUT2D eigenvalue weighted by atomic mass is 16.4. The van der Waals surface area contributed by atoms with Crippen LogP contribution in [0, 0.1) is 13.8 Å². The zero-order valence-corrected chi connectivity index (χ0v) is 13.3. The fourth-order valence-electron chi connectivity index (χ4n) is 2.99. The molecule has 0 N–H and O–H groups in total. The minimum absolute atomic E-state index is 0.448. The Balaban J connectivity index is 2.17. The van der Waals surface area contributed by atoms with Crippen LogP contribution in [0.3, 0.4) is 0 Å². The summed E-state index contributed by atoms with van der Waals surface area (Å²) in [5.41, 5.74) is 3.45. The molecule has 0 aliphatic rings. The Morgan fingerprint density at radius 3 is 1.46 bits per heavy atom. The average Bonchev–Trinajstić information content (AvgIpc) is 2.52. The Morgan fingerprint density at radius 2 is 1.04 bits per heavy atom. The molecule has 0 aliphatic carbocycles. The number of hydrogen-bond donors (Lipinski definition) is 0. The first-order valence-electron chi connectivity index (χ1n) is 7.61. The molecule has 4 nitrogen and oxygen atoms in total. The second-order valence-electron chi connectivity index (χ2n) is 5.96. The molecule has 24 heavy (non-hydrogen) atoms. The van der Waals surface area contributed by atoms with Gasteiger partial charge in [0, 0.05) is 34.0 Å². The minimum Gasteiger partial charge on any atom is -0.423 e. The van der Waals surface area contributed by atoms with Gasteiger partial charge in [0.25, 0.3) is 0 Å². The molecule has 0 fully saturated rings. The number of hydrogen-bond acceptors (Lipinski definition) is 4. The van der Waals surface area contributed by atoms with Crippen LogP contribution in [0.5, 0.6) is 0 Å². The van der Waals surface area contributed by atoms with Crippen molar-refractivity contribution in [3.63, 3.8) is 0 Å². The van der Waals surface area contributed by atoms with Crippen molar-refractivity contribution in [2.45, 2.75) is 13.8 Å². The van der Waals surface area contributed by atoms with Gasteiger partial charge >= 0.3 is 11.3 Å². The van der Waals surface area contributed by atoms with Crippen molar-refractivity contribution in [1.29, 1.82) is 0 Å². The van der Waals surface area contributed by atoms with Gasteiger partial charge < -0.3 is 8.83 Å². The third-order valence-electron chi connectivity index (χ3n) is 4.09. The lowest BCUT2D eigenvalue weighted by molar-refractivity contribution is 0.559. The van der Waals surface area contributed by atoms with E-state index in [2.05, 4.69) is 0 Å². The van der Waals surface area contributed by atoms with Crippen molar-refractivity contribution < 1.29 is 8.83 Å². The van der Waals surface area contributed by atoms with Gasteiger partial charge in [0.1, 0.15) is 11.2 Å². The topological polar surface area (TPSA) is 60.4 Å². The highest BCUT2D eigenvalue weighted by Crippen LogP contribution is 2.32. The van der Waals surface area contributed by atoms with Crippen LogP contribution in [-0.4, -0.2) is 0 Å². The normalized spacial score (nSPS) is 11.2. The molecule has 0 bridgehead atoms. The molecule has 2 aromatic carbocycles. The fraction of sp³-hybridized carbons (Fsp3) is 0.100. The largest absolute Gasteiger partial charge is 0.423 e. The van der Waals surface area contributed by atoms with Gasteiger partial charge in [-0.3, -0.25) is 0 Å². The highest BCUT2D eigenvalue weighted by molar-refractivity contribution is 6.02. The first-order chi connectivity index (χ1) is 11.5. The van der Waals surface area contributed by atoms with E-state index >= 15 is 0 Å². The highest BCUT2D eigenvalue weighted by Gasteiger charge is 2.13. The van der Waals surface area contributed by atoms with Crippen LogP contribution < -0.4 is 11.3 Å². The molecular formula is C20H14O4. The first kappa shape index (κ1) is 14.5. The molecule has 0 saturated carbocycles. The van der Waals surface area contributed by atoms with E-state index in [-0.39, 0.29) is 0 Å². The molecule has 0 atom stereocenters. The van der Waals surface area contributed by atoms with Crippen molar-refractivity contribution in [2.75, 3.05) is 0 Å². The molecule has 0 aliphatic heterocycles. The Hall–Kier alpha value is -3.14. The number of benzene rings is 2. The Bertz CT molecular complexity index is 1110. The summed E-state index contributed by atoms with van der Waals surface area (Å²) in [7, 11) is 0. The van der Waals surface area contributed by atoms with E-state index < -0.39 is 11.3 Å². The molecule has 4 heteroatoms. The van der Waals surface area contributed by atoms with E-state index in [1.165, 1.54) is 12.1 Å². The molecule has 2 heterocycles. The summed E-state index contributed by atoms with van der Waals surface area (Å²) in [6, 6.07) is 14.2. The van der Waals surface area contributed by atoms with Crippen LogP contribution in [0.25, 0.3) is 33.1 Å². The lowest BCUT2D eigenvalue weighted by Crippen LogP contribution is -2.02. The van der Waals surface area contributed by atoms with Gasteiger partial charge in [-0.15, -0.1) is 0 Å². The Morgan fingerprint density at radius 1 is 0.625 bits per heavy atom. The van der Waals surface area contributed by atoms with E-state index in [1.807, 2.05) is 50.2 Å². The second-order valence-corrected chi connectivity index (χ2v) is 5.96. The average molecular weight is 318 g/mol. The molecule has 2 aromatic heterocycles. The second kappa shape index (κ2) is 5.20. The van der Waals surface area contributed by atoms with Gasteiger partial charge in [-0.2, -0.15) is 0 Å². The Kier molecular flexibility index (Phi) is 3.13. The van der Waals surface area contributed by atoms with Gasteiger partial charge in [-0.1, -0.05) is 24.3 Å². The molecule has 4 rings (SSSR count). The maximum atomic E-state index is 12.0. The molecule has 0 unspecified atom stereocenters. The summed E-state index contributed by atoms with van der Waals surface area (Å²) in [5.74, 6) is 0. The van der Waals surface area contributed by atoms with Crippen molar-refractivity contribution in [2.24, 2.45) is 0 Å². The summed E-state index contributed by atoms with van der Waals surface area (Å²) < 4.78 is 10.6. The van der Waals surface area contributed by atoms with Crippen LogP contribution in [0.15, 0.2) is 67.0 Å². The summed E-state index contributed by atoms with van der Waals surface area (Å²) in [4.78, 5) is 24.0. The zero-order chi connectivity index (χ0) is 16.8. The van der Waals surface area contributed by atoms with Crippen LogP contribution in [0.4, 0.5) is 0 Å². The molecule has 0 spiro atoms. The van der Waals surface area contributed by atoms with E-state index in [0.717, 1.165) is 21.9 Å². The SMILES string of the molecule is Cc1ccc2c(-c3cc(=O)oc4cc(C)ccc34)cc(=O)oc2c1. The van der Waals surface area contributed by atoms with Gasteiger partial charge in [0.2, 0.25) is 0 Å². The van der Waals surface area contributed by atoms with Crippen LogP contribution in [0.2, 0.25) is 0 Å². The molecule has 0 radical (unpaired) electrons. The first-order valence-corrected chi connectivity index (χ1v) is 7.61. The van der Waals surface area contributed by atoms with Gasteiger partial charge in [-0.05, 0) is 37.1 Å². The van der Waals surface area contributed by atoms with Crippen molar-refractivity contribution in [3.05, 3.63) is 80.5 Å². The maximum absolute atomic E-state index is 12.0. The summed E-state index contributed by atoms with van der Waals surface area (Å²) in [6.45, 7) is 3.86. The van der Waals surface area contributed by atoms with E-state index in [1.54, 1.807) is 0 Å². The summed E-state index contributed by atoms with van der Waals surface area (Å²) >= 11 is 0. The van der Waals surface area contributed by atoms with Crippen molar-refractivity contribution in [1.82, 2.24) is 0 Å². The third kappa shape index (κ3) is 2.33. The molecular weight excluding hydrogens is 304 g/mol. The third-order valence-corrected chi connectivity index (χ3v) is 4.09. The molecule has 0 saturated heterocycles. The lowest BCUT2D eigenvalue weighted by Gasteiger charge is -2.09. The zero-order valence-electron chi connectivity index (χ0n) is 13.3. The number of aryl methyl sites for hydroxylation is 2. The monoisotopic (exact) mass is 318 g/mol. The fourth-order valence-corrected chi connectivity index (χ4v) is 2.99. The van der Waals surface area contributed by atoms with Crippen LogP contribution in [-0.2, 0) is 0 Å². The minimum atomic E-state index is -0.448. The predicted octanol–water partition coefficient (Wildman–Crippen LogP) is 4.18. The lowest BCUT2D eigenvalue weighted by atomic mass is 9.98. The summed E-state index contributed by atoms with van der Waals surface area (Å²) in [6.07, 6.45) is 0. The maximum Gasteiger partial charge on any atom is 0.336 e. The summed E-state index contributed by atoms with van der Waals surface area (Å²) in [5, 5.41) is 1.57. The van der Waals surface area contributed by atoms with E-state index in [9.17, 15) is 9.59 Å².